The predicted octanol–water partition coefficient (Wildman–Crippen LogP) is -1.57. The fourth-order valence-electron chi connectivity index (χ4n) is 0.975. The topological polar surface area (TPSA) is 54.6 Å². The molecule has 0 aliphatic carbocycles. The second-order valence-electron chi connectivity index (χ2n) is 2.61. The van der Waals surface area contributed by atoms with E-state index < -0.39 is 6.10 Å². The molecule has 0 aliphatic rings. The summed E-state index contributed by atoms with van der Waals surface area (Å²) in [5.74, 6) is 0.208. The van der Waals surface area contributed by atoms with E-state index in [-0.39, 0.29) is 57.1 Å². The van der Waals surface area contributed by atoms with E-state index in [4.69, 9.17) is 5.11 Å². The van der Waals surface area contributed by atoms with Crippen LogP contribution in [0.5, 0.6) is 5.75 Å². The summed E-state index contributed by atoms with van der Waals surface area (Å²) in [5.41, 5.74) is 0.776. The van der Waals surface area contributed by atoms with E-state index in [0.29, 0.717) is 6.54 Å². The third-order valence-corrected chi connectivity index (χ3v) is 1.63. The van der Waals surface area contributed by atoms with Crippen molar-refractivity contribution in [2.24, 2.45) is 0 Å². The molecule has 1 rings (SSSR count). The molecule has 0 saturated carbocycles. The van der Waals surface area contributed by atoms with Gasteiger partial charge in [-0.3, -0.25) is 0 Å². The minimum atomic E-state index is -0.560. The second kappa shape index (κ2) is 6.95. The molecule has 0 fully saturated rings. The molecule has 66 valence electrons. The molecule has 0 spiro atoms. The molecule has 0 bridgehead atoms. The van der Waals surface area contributed by atoms with E-state index in [9.17, 15) is 5.11 Å². The van der Waals surface area contributed by atoms with Crippen molar-refractivity contribution in [3.63, 3.8) is 0 Å². The number of nitrogens with zero attached hydrogens (tertiary/aromatic N) is 1. The first kappa shape index (κ1) is 13.6. The number of hydrogen-bond donors (Lipinski definition) is 2. The Morgan fingerprint density at radius 1 is 1.31 bits per heavy atom. The van der Waals surface area contributed by atoms with Crippen molar-refractivity contribution in [3.8, 4) is 5.75 Å². The molecule has 4 heteroatoms. The zero-order valence-corrected chi connectivity index (χ0v) is 11.1. The van der Waals surface area contributed by atoms with Crippen molar-refractivity contribution < 1.29 is 61.6 Å². The number of hydrogen-bond acceptors (Lipinski definition) is 2. The van der Waals surface area contributed by atoms with Gasteiger partial charge in [-0.2, -0.15) is 7.05 Å². The molecule has 1 aromatic rings. The van der Waals surface area contributed by atoms with Gasteiger partial charge in [0.15, 0.2) is 0 Å². The van der Waals surface area contributed by atoms with Crippen LogP contribution in [-0.2, 0) is 0 Å². The molecule has 1 unspecified atom stereocenters. The van der Waals surface area contributed by atoms with Crippen LogP contribution in [-0.4, -0.2) is 23.8 Å². The van der Waals surface area contributed by atoms with Gasteiger partial charge in [-0.15, -0.1) is 6.54 Å². The van der Waals surface area contributed by atoms with Crippen molar-refractivity contribution in [1.82, 2.24) is 0 Å². The summed E-state index contributed by atoms with van der Waals surface area (Å²) >= 11 is 0. The fourth-order valence-corrected chi connectivity index (χ4v) is 0.975. The van der Waals surface area contributed by atoms with Crippen LogP contribution in [0.2, 0.25) is 0 Å². The van der Waals surface area contributed by atoms with Crippen molar-refractivity contribution >= 4 is 0 Å². The zero-order valence-electron chi connectivity index (χ0n) is 7.94. The average Bonchev–Trinajstić information content (AvgIpc) is 2.06. The van der Waals surface area contributed by atoms with Crippen LogP contribution in [0.3, 0.4) is 0 Å². The van der Waals surface area contributed by atoms with Gasteiger partial charge in [0, 0.05) is 0 Å². The first-order valence-electron chi connectivity index (χ1n) is 3.76. The number of benzene rings is 1. The molecule has 0 radical (unpaired) electrons. The van der Waals surface area contributed by atoms with Gasteiger partial charge in [-0.25, -0.2) is 0 Å². The number of phenols is 1. The van der Waals surface area contributed by atoms with Crippen LogP contribution in [0.15, 0.2) is 24.3 Å². The van der Waals surface area contributed by atoms with Gasteiger partial charge in [0.1, 0.15) is 5.75 Å². The molecule has 0 amide bonds. The van der Waals surface area contributed by atoms with Gasteiger partial charge in [0.2, 0.25) is 0 Å². The molecule has 0 heterocycles. The van der Waals surface area contributed by atoms with E-state index in [0.717, 1.165) is 5.56 Å². The number of phenolic OH excluding ortho intramolecular Hbond substituents is 1. The van der Waals surface area contributed by atoms with E-state index in [1.165, 1.54) is 0 Å². The second-order valence-corrected chi connectivity index (χ2v) is 2.61. The van der Waals surface area contributed by atoms with Crippen molar-refractivity contribution in [2.75, 3.05) is 13.6 Å². The van der Waals surface area contributed by atoms with E-state index in [1.807, 2.05) is 0 Å². The van der Waals surface area contributed by atoms with Gasteiger partial charge >= 0.3 is 51.4 Å². The Hall–Kier alpha value is 0.576. The third kappa shape index (κ3) is 4.55. The molecule has 0 aliphatic heterocycles. The minimum Gasteiger partial charge on any atom is -0.663 e. The first-order valence-corrected chi connectivity index (χ1v) is 3.76. The van der Waals surface area contributed by atoms with Crippen molar-refractivity contribution in [3.05, 3.63) is 35.1 Å². The molecule has 3 nitrogen and oxygen atoms in total. The monoisotopic (exact) mass is 205 g/mol. The van der Waals surface area contributed by atoms with Gasteiger partial charge in [0.05, 0.1) is 6.10 Å². The van der Waals surface area contributed by atoms with Gasteiger partial charge in [-0.1, -0.05) is 12.1 Å². The van der Waals surface area contributed by atoms with E-state index >= 15 is 0 Å². The number of likely N-dealkylation sites (N-methyl/N-ethyl adjacent to an activating group) is 1. The van der Waals surface area contributed by atoms with Gasteiger partial charge in [0.25, 0.3) is 0 Å². The SMILES string of the molecule is C[N-]CC(O)c1ccc(O)cc1.[K+]. The molecule has 0 aromatic heterocycles. The Kier molecular flexibility index (Phi) is 7.25. The Labute approximate surface area is 121 Å². The molecular formula is C9H12KNO2. The normalized spacial score (nSPS) is 11.8. The molecular weight excluding hydrogens is 193 g/mol. The third-order valence-electron chi connectivity index (χ3n) is 1.63. The molecule has 1 atom stereocenters. The Morgan fingerprint density at radius 2 is 1.85 bits per heavy atom. The van der Waals surface area contributed by atoms with Crippen molar-refractivity contribution in [1.29, 1.82) is 0 Å². The molecule has 1 aromatic carbocycles. The smallest absolute Gasteiger partial charge is 0.663 e. The Bertz CT molecular complexity index is 238. The van der Waals surface area contributed by atoms with Crippen LogP contribution in [0, 0.1) is 0 Å². The average molecular weight is 205 g/mol. The summed E-state index contributed by atoms with van der Waals surface area (Å²) in [6, 6.07) is 6.47. The quantitative estimate of drug-likeness (QED) is 0.586. The summed E-state index contributed by atoms with van der Waals surface area (Å²) in [7, 11) is 1.66. The summed E-state index contributed by atoms with van der Waals surface area (Å²) in [6.45, 7) is 0.394. The van der Waals surface area contributed by atoms with Crippen LogP contribution >= 0.6 is 0 Å². The summed E-state index contributed by atoms with van der Waals surface area (Å²) < 4.78 is 0. The predicted molar refractivity (Wildman–Crippen MR) is 47.2 cm³/mol. The van der Waals surface area contributed by atoms with Gasteiger partial charge in [-0.05, 0) is 17.7 Å². The maximum absolute atomic E-state index is 9.44. The minimum absolute atomic E-state index is 0. The standard InChI is InChI=1S/C9H12NO2.K/c1-10-6-9(12)7-2-4-8(11)5-3-7;/h2-5,9,11-12H,6H2,1H3;/q-1;+1. The van der Waals surface area contributed by atoms with Crippen LogP contribution < -0.4 is 51.4 Å². The Morgan fingerprint density at radius 3 is 2.31 bits per heavy atom. The molecule has 0 saturated heterocycles. The number of rotatable bonds is 3. The van der Waals surface area contributed by atoms with Crippen molar-refractivity contribution in [2.45, 2.75) is 6.10 Å². The first-order chi connectivity index (χ1) is 5.74. The number of aromatic hydroxyl groups is 1. The van der Waals surface area contributed by atoms with Crippen LogP contribution in [0.1, 0.15) is 11.7 Å². The molecule has 13 heavy (non-hydrogen) atoms. The van der Waals surface area contributed by atoms with E-state index in [1.54, 1.807) is 31.3 Å². The Balaban J connectivity index is 0.00000144. The number of aliphatic hydroxyl groups is 1. The summed E-state index contributed by atoms with van der Waals surface area (Å²) in [5, 5.41) is 22.2. The van der Waals surface area contributed by atoms with E-state index in [2.05, 4.69) is 5.32 Å². The molecule has 2 N–H and O–H groups in total. The summed E-state index contributed by atoms with van der Waals surface area (Å²) in [4.78, 5) is 0. The fraction of sp³-hybridized carbons (Fsp3) is 0.333. The number of aliphatic hydroxyl groups excluding tert-OH is 1. The maximum Gasteiger partial charge on any atom is 1.00 e. The van der Waals surface area contributed by atoms with Crippen LogP contribution in [0.4, 0.5) is 0 Å². The van der Waals surface area contributed by atoms with Gasteiger partial charge < -0.3 is 15.5 Å². The van der Waals surface area contributed by atoms with Crippen LogP contribution in [0.25, 0.3) is 5.32 Å². The summed E-state index contributed by atoms with van der Waals surface area (Å²) in [6.07, 6.45) is -0.560. The zero-order chi connectivity index (χ0) is 8.97. The largest absolute Gasteiger partial charge is 1.00 e. The maximum atomic E-state index is 9.44.